The Bertz CT molecular complexity index is 582. The zero-order valence-electron chi connectivity index (χ0n) is 13.8. The number of nitrogens with one attached hydrogen (secondary N) is 2. The highest BCUT2D eigenvalue weighted by atomic mass is 19.3. The van der Waals surface area contributed by atoms with Gasteiger partial charge in [-0.1, -0.05) is 0 Å². The number of hydrogen-bond donors (Lipinski definition) is 2. The van der Waals surface area contributed by atoms with Crippen molar-refractivity contribution in [2.24, 2.45) is 13.0 Å². The average molecular weight is 343 g/mol. The van der Waals surface area contributed by atoms with Gasteiger partial charge in [0.1, 0.15) is 0 Å². The van der Waals surface area contributed by atoms with Crippen LogP contribution in [0.15, 0.2) is 12.4 Å². The lowest BCUT2D eigenvalue weighted by Gasteiger charge is -2.38. The Kier molecular flexibility index (Phi) is 5.00. The predicted octanol–water partition coefficient (Wildman–Crippen LogP) is 0.745. The monoisotopic (exact) mass is 343 g/mol. The molecular formula is C15H23F2N5O2. The van der Waals surface area contributed by atoms with Crippen molar-refractivity contribution >= 4 is 6.03 Å². The number of urea groups is 1. The maximum atomic E-state index is 12.5. The second-order valence-corrected chi connectivity index (χ2v) is 6.48. The van der Waals surface area contributed by atoms with Crippen LogP contribution >= 0.6 is 0 Å². The summed E-state index contributed by atoms with van der Waals surface area (Å²) in [6.07, 6.45) is 1.47. The number of alkyl halides is 2. The molecule has 1 aromatic rings. The highest BCUT2D eigenvalue weighted by molar-refractivity contribution is 5.74. The summed E-state index contributed by atoms with van der Waals surface area (Å²) in [5, 5.41) is 9.51. The van der Waals surface area contributed by atoms with Crippen LogP contribution < -0.4 is 10.6 Å². The van der Waals surface area contributed by atoms with Gasteiger partial charge in [-0.05, 0) is 13.5 Å². The van der Waals surface area contributed by atoms with E-state index in [-0.39, 0.29) is 12.1 Å². The largest absolute Gasteiger partial charge is 0.373 e. The summed E-state index contributed by atoms with van der Waals surface area (Å²) in [6, 6.07) is -0.860. The Morgan fingerprint density at radius 1 is 1.50 bits per heavy atom. The summed E-state index contributed by atoms with van der Waals surface area (Å²) in [7, 11) is 3.85. The molecule has 1 aliphatic carbocycles. The third kappa shape index (κ3) is 3.84. The molecule has 7 nitrogen and oxygen atoms in total. The summed E-state index contributed by atoms with van der Waals surface area (Å²) in [6.45, 7) is 1.68. The molecule has 24 heavy (non-hydrogen) atoms. The van der Waals surface area contributed by atoms with Gasteiger partial charge in [0.2, 0.25) is 6.43 Å². The molecule has 1 aromatic heterocycles. The van der Waals surface area contributed by atoms with E-state index in [2.05, 4.69) is 20.6 Å². The quantitative estimate of drug-likeness (QED) is 0.827. The number of likely N-dealkylation sites (N-methyl/N-ethyl adjacent to an activating group) is 1. The number of nitrogens with zero attached hydrogens (tertiary/aromatic N) is 3. The molecule has 9 heteroatoms. The van der Waals surface area contributed by atoms with E-state index in [9.17, 15) is 13.6 Å². The first-order valence-corrected chi connectivity index (χ1v) is 8.08. The van der Waals surface area contributed by atoms with Gasteiger partial charge in [-0.15, -0.1) is 0 Å². The van der Waals surface area contributed by atoms with E-state index in [1.54, 1.807) is 10.9 Å². The van der Waals surface area contributed by atoms with Crippen LogP contribution in [0.2, 0.25) is 0 Å². The Morgan fingerprint density at radius 2 is 2.29 bits per heavy atom. The number of carbonyl (C=O) groups is 1. The van der Waals surface area contributed by atoms with E-state index < -0.39 is 24.4 Å². The number of amides is 2. The topological polar surface area (TPSA) is 71.4 Å². The second-order valence-electron chi connectivity index (χ2n) is 6.48. The van der Waals surface area contributed by atoms with Crippen LogP contribution in [0.4, 0.5) is 13.6 Å². The molecule has 1 saturated carbocycles. The minimum atomic E-state index is -2.37. The zero-order chi connectivity index (χ0) is 17.3. The molecule has 1 aliphatic heterocycles. The number of morpholine rings is 1. The standard InChI is InChI=1S/C15H23F2N5O2/c1-21-3-4-24-12(13(21)9-6-19-22(2)8-9)7-18-15(23)20-11-5-10(11)14(16)17/h6,8,10-14H,3-5,7H2,1-2H3,(H2,18,20,23)/t10-,11+,12-,13-/m0/s1. The van der Waals surface area contributed by atoms with E-state index in [1.165, 1.54) is 0 Å². The van der Waals surface area contributed by atoms with Crippen LogP contribution in [0.1, 0.15) is 18.0 Å². The van der Waals surface area contributed by atoms with Crippen molar-refractivity contribution in [1.29, 1.82) is 0 Å². The van der Waals surface area contributed by atoms with Crippen LogP contribution in [-0.2, 0) is 11.8 Å². The normalized spacial score (nSPS) is 30.4. The Labute approximate surface area is 139 Å². The van der Waals surface area contributed by atoms with E-state index in [0.717, 1.165) is 12.1 Å². The Balaban J connectivity index is 1.53. The van der Waals surface area contributed by atoms with Crippen LogP contribution in [0.5, 0.6) is 0 Å². The fourth-order valence-electron chi connectivity index (χ4n) is 3.17. The molecule has 4 atom stereocenters. The number of rotatable bonds is 5. The van der Waals surface area contributed by atoms with Gasteiger partial charge in [-0.3, -0.25) is 9.58 Å². The van der Waals surface area contributed by atoms with Gasteiger partial charge in [0, 0.05) is 43.9 Å². The smallest absolute Gasteiger partial charge is 0.315 e. The molecular weight excluding hydrogens is 320 g/mol. The minimum Gasteiger partial charge on any atom is -0.373 e. The molecule has 0 aromatic carbocycles. The van der Waals surface area contributed by atoms with E-state index in [4.69, 9.17) is 4.74 Å². The molecule has 3 rings (SSSR count). The third-order valence-electron chi connectivity index (χ3n) is 4.61. The number of aryl methyl sites for hydroxylation is 1. The predicted molar refractivity (Wildman–Crippen MR) is 82.8 cm³/mol. The van der Waals surface area contributed by atoms with Gasteiger partial charge < -0.3 is 15.4 Å². The van der Waals surface area contributed by atoms with Gasteiger partial charge >= 0.3 is 6.03 Å². The maximum Gasteiger partial charge on any atom is 0.315 e. The Hall–Kier alpha value is -1.74. The minimum absolute atomic E-state index is 0.0116. The van der Waals surface area contributed by atoms with Crippen LogP contribution in [0.25, 0.3) is 0 Å². The van der Waals surface area contributed by atoms with Crippen molar-refractivity contribution < 1.29 is 18.3 Å². The highest BCUT2D eigenvalue weighted by Gasteiger charge is 2.45. The van der Waals surface area contributed by atoms with Crippen molar-refractivity contribution in [3.05, 3.63) is 18.0 Å². The summed E-state index contributed by atoms with van der Waals surface area (Å²) in [5.74, 6) is -0.712. The van der Waals surface area contributed by atoms with Crippen LogP contribution in [0.3, 0.4) is 0 Å². The van der Waals surface area contributed by atoms with Crippen LogP contribution in [-0.4, -0.2) is 66.0 Å². The van der Waals surface area contributed by atoms with Gasteiger partial charge in [-0.25, -0.2) is 13.6 Å². The van der Waals surface area contributed by atoms with Crippen molar-refractivity contribution in [2.75, 3.05) is 26.7 Å². The van der Waals surface area contributed by atoms with Crippen molar-refractivity contribution in [3.63, 3.8) is 0 Å². The first-order valence-electron chi connectivity index (χ1n) is 8.08. The van der Waals surface area contributed by atoms with E-state index >= 15 is 0 Å². The molecule has 2 fully saturated rings. The van der Waals surface area contributed by atoms with Crippen LogP contribution in [0, 0.1) is 5.92 Å². The number of hydrogen-bond acceptors (Lipinski definition) is 4. The summed E-state index contributed by atoms with van der Waals surface area (Å²) >= 11 is 0. The number of halogens is 2. The molecule has 2 amide bonds. The van der Waals surface area contributed by atoms with Crippen molar-refractivity contribution in [1.82, 2.24) is 25.3 Å². The van der Waals surface area contributed by atoms with Gasteiger partial charge in [0.05, 0.1) is 24.9 Å². The summed E-state index contributed by atoms with van der Waals surface area (Å²) in [4.78, 5) is 14.0. The Morgan fingerprint density at radius 3 is 2.92 bits per heavy atom. The lowest BCUT2D eigenvalue weighted by molar-refractivity contribution is -0.0601. The maximum absolute atomic E-state index is 12.5. The molecule has 2 aliphatic rings. The lowest BCUT2D eigenvalue weighted by Crippen LogP contribution is -2.50. The van der Waals surface area contributed by atoms with Gasteiger partial charge in [-0.2, -0.15) is 5.10 Å². The fraction of sp³-hybridized carbons (Fsp3) is 0.733. The second kappa shape index (κ2) is 7.02. The molecule has 0 spiro atoms. The van der Waals surface area contributed by atoms with E-state index in [0.29, 0.717) is 19.6 Å². The van der Waals surface area contributed by atoms with Crippen molar-refractivity contribution in [2.45, 2.75) is 31.0 Å². The summed E-state index contributed by atoms with van der Waals surface area (Å²) < 4.78 is 32.5. The number of aromatic nitrogens is 2. The number of carbonyl (C=O) groups excluding carboxylic acids is 1. The average Bonchev–Trinajstić information content (AvgIpc) is 3.17. The first kappa shape index (κ1) is 17.1. The molecule has 0 radical (unpaired) electrons. The zero-order valence-corrected chi connectivity index (χ0v) is 13.8. The van der Waals surface area contributed by atoms with Gasteiger partial charge in [0.15, 0.2) is 0 Å². The number of ether oxygens (including phenoxy) is 1. The highest BCUT2D eigenvalue weighted by Crippen LogP contribution is 2.35. The fourth-order valence-corrected chi connectivity index (χ4v) is 3.17. The van der Waals surface area contributed by atoms with E-state index in [1.807, 2.05) is 20.3 Å². The molecule has 134 valence electrons. The van der Waals surface area contributed by atoms with Crippen molar-refractivity contribution in [3.8, 4) is 0 Å². The molecule has 1 saturated heterocycles. The third-order valence-corrected chi connectivity index (χ3v) is 4.61. The molecule has 2 heterocycles. The summed E-state index contributed by atoms with van der Waals surface area (Å²) in [5.41, 5.74) is 1.02. The van der Waals surface area contributed by atoms with Gasteiger partial charge in [0.25, 0.3) is 0 Å². The lowest BCUT2D eigenvalue weighted by atomic mass is 10.0. The SMILES string of the molecule is CN1CCO[C@@H](CNC(=O)N[C@@H]2C[C@@H]2C(F)F)[C@@H]1c1cnn(C)c1. The molecule has 2 N–H and O–H groups in total. The molecule has 0 unspecified atom stereocenters. The first-order chi connectivity index (χ1) is 11.5. The molecule has 0 bridgehead atoms.